The fourth-order valence-corrected chi connectivity index (χ4v) is 3.96. The third kappa shape index (κ3) is 4.71. The summed E-state index contributed by atoms with van der Waals surface area (Å²) in [6.45, 7) is 8.95. The zero-order valence-electron chi connectivity index (χ0n) is 18.5. The molecule has 0 fully saturated rings. The number of nitrogens with one attached hydrogen (secondary N) is 1. The van der Waals surface area contributed by atoms with Crippen LogP contribution in [0.1, 0.15) is 48.8 Å². The van der Waals surface area contributed by atoms with Crippen LogP contribution in [0.2, 0.25) is 0 Å². The van der Waals surface area contributed by atoms with Gasteiger partial charge in [0.2, 0.25) is 0 Å². The molecule has 1 amide bonds. The Balaban J connectivity index is 1.59. The van der Waals surface area contributed by atoms with Crippen molar-refractivity contribution in [3.05, 3.63) is 65.4 Å². The lowest BCUT2D eigenvalue weighted by atomic mass is 9.93. The molecule has 1 aliphatic heterocycles. The molecule has 31 heavy (non-hydrogen) atoms. The Morgan fingerprint density at radius 2 is 1.84 bits per heavy atom. The molecule has 0 saturated heterocycles. The van der Waals surface area contributed by atoms with Crippen LogP contribution in [0.4, 0.5) is 4.79 Å². The number of carbonyl (C=O) groups is 2. The number of ether oxygens (including phenoxy) is 1. The Labute approximate surface area is 182 Å². The monoisotopic (exact) mass is 416 g/mol. The molecule has 0 bridgehead atoms. The third-order valence-electron chi connectivity index (χ3n) is 5.41. The first-order valence-electron chi connectivity index (χ1n) is 10.6. The van der Waals surface area contributed by atoms with Crippen molar-refractivity contribution in [2.75, 3.05) is 13.1 Å². The summed E-state index contributed by atoms with van der Waals surface area (Å²) in [5, 5.41) is 1.02. The molecule has 1 N–H and O–H groups in total. The minimum absolute atomic E-state index is 0.262. The summed E-state index contributed by atoms with van der Waals surface area (Å²) in [6.07, 6.45) is 3.49. The standard InChI is InChI=1S/C26H28N2O3/c1-17-11-20(18-7-9-28(10-8-18)25(30)31-26(2,3)4)14-21(12-17)19-5-6-24-22(13-19)15-23(16-29)27-24/h5-7,11-16,27H,8-10H2,1-4H3. The summed E-state index contributed by atoms with van der Waals surface area (Å²) in [7, 11) is 0. The van der Waals surface area contributed by atoms with Crippen LogP contribution in [0.25, 0.3) is 27.6 Å². The van der Waals surface area contributed by atoms with Crippen molar-refractivity contribution in [2.24, 2.45) is 0 Å². The number of aromatic amines is 1. The number of nitrogens with zero attached hydrogens (tertiary/aromatic N) is 1. The highest BCUT2D eigenvalue weighted by Gasteiger charge is 2.24. The maximum Gasteiger partial charge on any atom is 0.410 e. The Kier molecular flexibility index (Phi) is 5.44. The molecule has 0 radical (unpaired) electrons. The number of aldehydes is 1. The second kappa shape index (κ2) is 8.06. The van der Waals surface area contributed by atoms with E-state index in [4.69, 9.17) is 4.74 Å². The molecule has 2 aromatic carbocycles. The maximum absolute atomic E-state index is 12.3. The molecule has 0 saturated carbocycles. The molecule has 2 heterocycles. The van der Waals surface area contributed by atoms with Gasteiger partial charge < -0.3 is 14.6 Å². The van der Waals surface area contributed by atoms with E-state index in [9.17, 15) is 9.59 Å². The Morgan fingerprint density at radius 1 is 1.06 bits per heavy atom. The average molecular weight is 417 g/mol. The summed E-state index contributed by atoms with van der Waals surface area (Å²) < 4.78 is 5.49. The highest BCUT2D eigenvalue weighted by Crippen LogP contribution is 2.31. The van der Waals surface area contributed by atoms with E-state index in [1.807, 2.05) is 32.9 Å². The molecule has 5 heteroatoms. The van der Waals surface area contributed by atoms with Gasteiger partial charge >= 0.3 is 6.09 Å². The van der Waals surface area contributed by atoms with Gasteiger partial charge in [-0.05, 0) is 86.2 Å². The van der Waals surface area contributed by atoms with Gasteiger partial charge in [0, 0.05) is 24.0 Å². The van der Waals surface area contributed by atoms with Crippen LogP contribution in [0.15, 0.2) is 48.5 Å². The number of H-pyrrole nitrogens is 1. The predicted molar refractivity (Wildman–Crippen MR) is 124 cm³/mol. The number of fused-ring (bicyclic) bond motifs is 1. The van der Waals surface area contributed by atoms with Gasteiger partial charge in [-0.2, -0.15) is 0 Å². The van der Waals surface area contributed by atoms with Crippen molar-refractivity contribution in [3.63, 3.8) is 0 Å². The SMILES string of the molecule is Cc1cc(C2=CCN(C(=O)OC(C)(C)C)CC2)cc(-c2ccc3[nH]c(C=O)cc3c2)c1. The van der Waals surface area contributed by atoms with Gasteiger partial charge in [-0.3, -0.25) is 4.79 Å². The van der Waals surface area contributed by atoms with Gasteiger partial charge in [0.15, 0.2) is 6.29 Å². The van der Waals surface area contributed by atoms with Gasteiger partial charge in [0.05, 0.1) is 5.69 Å². The summed E-state index contributed by atoms with van der Waals surface area (Å²) in [4.78, 5) is 28.2. The quantitative estimate of drug-likeness (QED) is 0.534. The first-order chi connectivity index (χ1) is 14.7. The third-order valence-corrected chi connectivity index (χ3v) is 5.41. The first-order valence-corrected chi connectivity index (χ1v) is 10.6. The van der Waals surface area contributed by atoms with E-state index in [0.717, 1.165) is 34.7 Å². The van der Waals surface area contributed by atoms with Crippen LogP contribution in [-0.2, 0) is 4.74 Å². The molecule has 1 aliphatic rings. The number of carbonyl (C=O) groups excluding carboxylic acids is 2. The smallest absolute Gasteiger partial charge is 0.410 e. The van der Waals surface area contributed by atoms with Crippen molar-refractivity contribution < 1.29 is 14.3 Å². The minimum Gasteiger partial charge on any atom is -0.444 e. The van der Waals surface area contributed by atoms with Crippen molar-refractivity contribution in [3.8, 4) is 11.1 Å². The molecule has 1 aromatic heterocycles. The second-order valence-corrected chi connectivity index (χ2v) is 9.14. The van der Waals surface area contributed by atoms with Crippen LogP contribution in [0.3, 0.4) is 0 Å². The topological polar surface area (TPSA) is 62.4 Å². The molecule has 0 aliphatic carbocycles. The Morgan fingerprint density at radius 3 is 2.52 bits per heavy atom. The van der Waals surface area contributed by atoms with E-state index < -0.39 is 5.60 Å². The molecule has 5 nitrogen and oxygen atoms in total. The number of aryl methyl sites for hydroxylation is 1. The highest BCUT2D eigenvalue weighted by molar-refractivity contribution is 5.91. The first kappa shape index (κ1) is 20.9. The lowest BCUT2D eigenvalue weighted by molar-refractivity contribution is 0.0270. The van der Waals surface area contributed by atoms with Crippen LogP contribution in [0, 0.1) is 6.92 Å². The highest BCUT2D eigenvalue weighted by atomic mass is 16.6. The number of rotatable bonds is 3. The summed E-state index contributed by atoms with van der Waals surface area (Å²) >= 11 is 0. The fraction of sp³-hybridized carbons (Fsp3) is 0.308. The summed E-state index contributed by atoms with van der Waals surface area (Å²) in [5.74, 6) is 0. The minimum atomic E-state index is -0.487. The number of benzene rings is 2. The number of amides is 1. The van der Waals surface area contributed by atoms with Crippen molar-refractivity contribution in [1.82, 2.24) is 9.88 Å². The summed E-state index contributed by atoms with van der Waals surface area (Å²) in [6, 6.07) is 14.6. The number of aromatic nitrogens is 1. The van der Waals surface area contributed by atoms with E-state index in [-0.39, 0.29) is 6.09 Å². The molecule has 160 valence electrons. The van der Waals surface area contributed by atoms with Crippen molar-refractivity contribution in [1.29, 1.82) is 0 Å². The normalized spacial score (nSPS) is 14.5. The zero-order chi connectivity index (χ0) is 22.2. The van der Waals surface area contributed by atoms with Gasteiger partial charge in [-0.1, -0.05) is 24.3 Å². The van der Waals surface area contributed by atoms with Gasteiger partial charge in [-0.25, -0.2) is 4.79 Å². The molecule has 0 spiro atoms. The largest absolute Gasteiger partial charge is 0.444 e. The van der Waals surface area contributed by atoms with Gasteiger partial charge in [0.1, 0.15) is 5.60 Å². The molecule has 0 unspecified atom stereocenters. The van der Waals surface area contributed by atoms with Crippen molar-refractivity contribution >= 4 is 28.9 Å². The van der Waals surface area contributed by atoms with Crippen LogP contribution < -0.4 is 0 Å². The number of hydrogen-bond acceptors (Lipinski definition) is 3. The van der Waals surface area contributed by atoms with Crippen LogP contribution in [-0.4, -0.2) is 41.0 Å². The molecular formula is C26H28N2O3. The Hall–Kier alpha value is -3.34. The lowest BCUT2D eigenvalue weighted by Gasteiger charge is -2.29. The van der Waals surface area contributed by atoms with Crippen LogP contribution in [0.5, 0.6) is 0 Å². The van der Waals surface area contributed by atoms with E-state index in [2.05, 4.69) is 48.3 Å². The van der Waals surface area contributed by atoms with Gasteiger partial charge in [0.25, 0.3) is 0 Å². The van der Waals surface area contributed by atoms with E-state index in [1.165, 1.54) is 16.7 Å². The van der Waals surface area contributed by atoms with E-state index in [1.54, 1.807) is 4.90 Å². The zero-order valence-corrected chi connectivity index (χ0v) is 18.5. The van der Waals surface area contributed by atoms with Crippen LogP contribution >= 0.6 is 0 Å². The second-order valence-electron chi connectivity index (χ2n) is 9.14. The lowest BCUT2D eigenvalue weighted by Crippen LogP contribution is -2.39. The Bertz CT molecular complexity index is 1180. The van der Waals surface area contributed by atoms with Gasteiger partial charge in [-0.15, -0.1) is 0 Å². The maximum atomic E-state index is 12.3. The van der Waals surface area contributed by atoms with E-state index in [0.29, 0.717) is 18.8 Å². The van der Waals surface area contributed by atoms with E-state index >= 15 is 0 Å². The predicted octanol–water partition coefficient (Wildman–Crippen LogP) is 5.98. The molecule has 0 atom stereocenters. The molecule has 4 rings (SSSR count). The fourth-order valence-electron chi connectivity index (χ4n) is 3.96. The molecular weight excluding hydrogens is 388 g/mol. The number of hydrogen-bond donors (Lipinski definition) is 1. The van der Waals surface area contributed by atoms with Crippen molar-refractivity contribution in [2.45, 2.75) is 39.7 Å². The molecule has 3 aromatic rings. The average Bonchev–Trinajstić information content (AvgIpc) is 3.14. The summed E-state index contributed by atoms with van der Waals surface area (Å²) in [5.41, 5.74) is 6.92.